The van der Waals surface area contributed by atoms with Crippen LogP contribution in [-0.2, 0) is 25.6 Å². The molecule has 2 aliphatic rings. The average molecular weight is 584 g/mol. The molecule has 4 heterocycles. The third-order valence-corrected chi connectivity index (χ3v) is 8.60. The Kier molecular flexibility index (Phi) is 13.1. The minimum atomic E-state index is -1.51. The largest absolute Gasteiger partial charge is 1.00 e. The van der Waals surface area contributed by atoms with Crippen LogP contribution in [0, 0.1) is 0 Å². The smallest absolute Gasteiger partial charge is 0.549 e. The van der Waals surface area contributed by atoms with Crippen LogP contribution in [0.1, 0.15) is 11.3 Å². The Morgan fingerprint density at radius 3 is 2.70 bits per heavy atom. The van der Waals surface area contributed by atoms with Crippen LogP contribution in [0.15, 0.2) is 33.9 Å². The van der Waals surface area contributed by atoms with Gasteiger partial charge in [0.25, 0.3) is 5.91 Å². The predicted molar refractivity (Wildman–Crippen MR) is 121 cm³/mol. The average Bonchev–Trinajstić information content (AvgIpc) is 3.52. The standard InChI is InChI=1S/C19H21N7O6S3.2Na/c27-12(6-9-2-1-5-33-9)21-14-16(30)26-15(18(31)32)10(8-34-17(14)26)11(3-4-20-7-13(28)29)35-19-22-24-25-23-19;;/h1-2,5,11,14,17,20H,3-4,6-8H2,(H,21,27)(H,28,29)(H,31,32)(H,22,23,24,25);;/q;2*+1/p-2/t11?,14?,17-;;/m0../s1. The fourth-order valence-electron chi connectivity index (χ4n) is 3.73. The summed E-state index contributed by atoms with van der Waals surface area (Å²) in [4.78, 5) is 50.1. The summed E-state index contributed by atoms with van der Waals surface area (Å²) in [5, 5.41) is 42.9. The molecule has 2 aromatic rings. The van der Waals surface area contributed by atoms with E-state index in [2.05, 4.69) is 31.3 Å². The number of H-pyrrole nitrogens is 1. The van der Waals surface area contributed by atoms with E-state index in [1.807, 2.05) is 17.5 Å². The molecule has 3 N–H and O–H groups in total. The Labute approximate surface area is 267 Å². The molecule has 0 saturated carbocycles. The van der Waals surface area contributed by atoms with Gasteiger partial charge in [-0.15, -0.1) is 33.3 Å². The first-order valence-corrected chi connectivity index (χ1v) is 13.2. The van der Waals surface area contributed by atoms with Gasteiger partial charge >= 0.3 is 59.1 Å². The first-order chi connectivity index (χ1) is 16.8. The van der Waals surface area contributed by atoms with Gasteiger partial charge in [0.05, 0.1) is 24.1 Å². The zero-order valence-corrected chi connectivity index (χ0v) is 26.4. The number of carboxylic acid groups (broad SMARTS) is 2. The van der Waals surface area contributed by atoms with Crippen LogP contribution in [0.3, 0.4) is 0 Å². The molecule has 1 fully saturated rings. The molecule has 2 amide bonds. The number of aromatic nitrogens is 4. The Morgan fingerprint density at radius 1 is 1.30 bits per heavy atom. The minimum absolute atomic E-state index is 0. The molecular formula is C19H19N7Na2O6S3. The van der Waals surface area contributed by atoms with Gasteiger partial charge in [-0.1, -0.05) is 17.8 Å². The summed E-state index contributed by atoms with van der Waals surface area (Å²) in [6.45, 7) is -0.128. The Bertz CT molecular complexity index is 1140. The van der Waals surface area contributed by atoms with Gasteiger partial charge in [0, 0.05) is 22.4 Å². The van der Waals surface area contributed by atoms with E-state index in [0.717, 1.165) is 21.5 Å². The van der Waals surface area contributed by atoms with Crippen LogP contribution in [0.5, 0.6) is 0 Å². The van der Waals surface area contributed by atoms with Crippen LogP contribution >= 0.6 is 34.9 Å². The van der Waals surface area contributed by atoms with Crippen LogP contribution in [-0.4, -0.2) is 84.8 Å². The molecule has 2 aromatic heterocycles. The molecule has 0 radical (unpaired) electrons. The number of rotatable bonds is 12. The predicted octanol–water partition coefficient (Wildman–Crippen LogP) is -8.89. The molecule has 0 aromatic carbocycles. The molecule has 2 unspecified atom stereocenters. The van der Waals surface area contributed by atoms with Gasteiger partial charge in [0.2, 0.25) is 11.1 Å². The van der Waals surface area contributed by atoms with E-state index in [1.165, 1.54) is 23.1 Å². The summed E-state index contributed by atoms with van der Waals surface area (Å²) >= 11 is 3.90. The van der Waals surface area contributed by atoms with E-state index < -0.39 is 34.5 Å². The molecular weight excluding hydrogens is 564 g/mol. The number of aromatic amines is 1. The van der Waals surface area contributed by atoms with E-state index in [4.69, 9.17) is 0 Å². The quantitative estimate of drug-likeness (QED) is 0.0925. The molecule has 0 bridgehead atoms. The Morgan fingerprint density at radius 2 is 2.08 bits per heavy atom. The van der Waals surface area contributed by atoms with E-state index in [-0.39, 0.29) is 101 Å². The maximum absolute atomic E-state index is 12.9. The van der Waals surface area contributed by atoms with Crippen molar-refractivity contribution in [2.75, 3.05) is 18.8 Å². The van der Waals surface area contributed by atoms with Crippen molar-refractivity contribution in [3.05, 3.63) is 33.7 Å². The number of carbonyl (C=O) groups excluding carboxylic acids is 4. The van der Waals surface area contributed by atoms with Gasteiger partial charge in [0.1, 0.15) is 11.4 Å². The number of nitrogens with one attached hydrogen (secondary N) is 3. The van der Waals surface area contributed by atoms with E-state index in [1.54, 1.807) is 0 Å². The number of tetrazole rings is 1. The normalized spacial score (nSPS) is 19.1. The second-order valence-electron chi connectivity index (χ2n) is 7.51. The van der Waals surface area contributed by atoms with Crippen molar-refractivity contribution in [1.82, 2.24) is 36.2 Å². The summed E-state index contributed by atoms with van der Waals surface area (Å²) in [5.41, 5.74) is 0.177. The van der Waals surface area contributed by atoms with Crippen LogP contribution in [0.2, 0.25) is 0 Å². The number of amides is 2. The molecule has 186 valence electrons. The SMILES string of the molecule is O=C([O-])CNCCC(Sc1nn[nH]n1)C1=C(C(=O)[O-])N2C(=O)C(NC(=O)Cc3cccs3)[C@@H]2SC1.[Na+].[Na+]. The summed E-state index contributed by atoms with van der Waals surface area (Å²) in [7, 11) is 0. The summed E-state index contributed by atoms with van der Waals surface area (Å²) < 4.78 is 0. The fourth-order valence-corrected chi connectivity index (χ4v) is 6.97. The van der Waals surface area contributed by atoms with Gasteiger partial charge in [-0.05, 0) is 35.2 Å². The molecule has 2 aliphatic heterocycles. The van der Waals surface area contributed by atoms with Crippen molar-refractivity contribution in [3.8, 4) is 0 Å². The summed E-state index contributed by atoms with van der Waals surface area (Å²) in [6.07, 6.45) is 0.447. The summed E-state index contributed by atoms with van der Waals surface area (Å²) in [6, 6.07) is 2.81. The summed E-state index contributed by atoms with van der Waals surface area (Å²) in [5.74, 6) is -3.37. The Hall–Kier alpha value is -0.950. The molecule has 18 heteroatoms. The topological polar surface area (TPSA) is 196 Å². The number of hydrogen-bond donors (Lipinski definition) is 3. The van der Waals surface area contributed by atoms with E-state index >= 15 is 0 Å². The van der Waals surface area contributed by atoms with Crippen LogP contribution in [0.25, 0.3) is 0 Å². The minimum Gasteiger partial charge on any atom is -0.549 e. The maximum Gasteiger partial charge on any atom is 1.00 e. The van der Waals surface area contributed by atoms with Crippen LogP contribution < -0.4 is 80.0 Å². The first-order valence-electron chi connectivity index (χ1n) is 10.4. The first kappa shape index (κ1) is 32.3. The van der Waals surface area contributed by atoms with Crippen molar-refractivity contribution in [3.63, 3.8) is 0 Å². The molecule has 4 rings (SSSR count). The van der Waals surface area contributed by atoms with Gasteiger partial charge in [0.15, 0.2) is 0 Å². The monoisotopic (exact) mass is 583 g/mol. The molecule has 0 aliphatic carbocycles. The zero-order valence-electron chi connectivity index (χ0n) is 20.0. The second-order valence-corrected chi connectivity index (χ2v) is 10.8. The van der Waals surface area contributed by atoms with Gasteiger partial charge in [-0.2, -0.15) is 5.21 Å². The number of carbonyl (C=O) groups is 4. The van der Waals surface area contributed by atoms with Gasteiger partial charge in [-0.3, -0.25) is 14.5 Å². The number of fused-ring (bicyclic) bond motifs is 1. The zero-order chi connectivity index (χ0) is 24.9. The Balaban J connectivity index is 0.00000241. The van der Waals surface area contributed by atoms with Crippen LogP contribution in [0.4, 0.5) is 0 Å². The van der Waals surface area contributed by atoms with E-state index in [0.29, 0.717) is 12.0 Å². The third kappa shape index (κ3) is 8.03. The number of nitrogens with zero attached hydrogens (tertiary/aromatic N) is 4. The third-order valence-electron chi connectivity index (χ3n) is 5.24. The van der Waals surface area contributed by atoms with Gasteiger partial charge < -0.3 is 30.4 Å². The maximum atomic E-state index is 12.9. The van der Waals surface area contributed by atoms with Crippen molar-refractivity contribution in [1.29, 1.82) is 0 Å². The number of aliphatic carboxylic acids is 2. The molecule has 37 heavy (non-hydrogen) atoms. The van der Waals surface area contributed by atoms with Crippen molar-refractivity contribution >= 4 is 58.6 Å². The number of hydrogen-bond acceptors (Lipinski definition) is 13. The fraction of sp³-hybridized carbons (Fsp3) is 0.421. The second kappa shape index (κ2) is 15.0. The number of thiophene rings is 1. The number of carboxylic acids is 2. The number of β-lactam (4-membered cyclic amide) rings is 1. The molecule has 1 saturated heterocycles. The molecule has 3 atom stereocenters. The van der Waals surface area contributed by atoms with Crippen molar-refractivity contribution in [2.24, 2.45) is 0 Å². The van der Waals surface area contributed by atoms with Crippen molar-refractivity contribution in [2.45, 2.75) is 34.7 Å². The molecule has 0 spiro atoms. The molecule has 13 nitrogen and oxygen atoms in total. The van der Waals surface area contributed by atoms with Gasteiger partial charge in [-0.25, -0.2) is 0 Å². The number of thioether (sulfide) groups is 2. The van der Waals surface area contributed by atoms with E-state index in [9.17, 15) is 29.4 Å². The van der Waals surface area contributed by atoms with Crippen molar-refractivity contribution < 1.29 is 88.5 Å².